The number of ketones is 1. The van der Waals surface area contributed by atoms with Crippen molar-refractivity contribution in [1.82, 2.24) is 10.3 Å². The number of hydrogen-bond acceptors (Lipinski definition) is 10. The second-order valence-electron chi connectivity index (χ2n) is 9.25. The van der Waals surface area contributed by atoms with Crippen molar-refractivity contribution in [3.8, 4) is 11.5 Å². The van der Waals surface area contributed by atoms with Crippen LogP contribution >= 0.6 is 23.5 Å². The summed E-state index contributed by atoms with van der Waals surface area (Å²) in [5, 5.41) is 26.9. The Labute approximate surface area is 257 Å². The maximum atomic E-state index is 13.9. The number of carbonyl (C=O) groups is 2. The topological polar surface area (TPSA) is 125 Å². The summed E-state index contributed by atoms with van der Waals surface area (Å²) in [6, 6.07) is 22.3. The van der Waals surface area contributed by atoms with Crippen LogP contribution in [0.3, 0.4) is 0 Å². The van der Waals surface area contributed by atoms with Gasteiger partial charge in [0.15, 0.2) is 28.2 Å². The number of aliphatic hydroxyl groups is 1. The van der Waals surface area contributed by atoms with Crippen molar-refractivity contribution >= 4 is 51.4 Å². The molecule has 3 N–H and O–H groups in total. The Hall–Kier alpha value is -4.35. The van der Waals surface area contributed by atoms with Gasteiger partial charge in [-0.2, -0.15) is 5.10 Å². The molecule has 6 rings (SSSR count). The third-order valence-electron chi connectivity index (χ3n) is 6.63. The van der Waals surface area contributed by atoms with Gasteiger partial charge in [0, 0.05) is 11.1 Å². The van der Waals surface area contributed by atoms with Gasteiger partial charge in [0.25, 0.3) is 5.91 Å². The molecule has 4 aromatic rings. The fourth-order valence-electron chi connectivity index (χ4n) is 4.73. The zero-order valence-corrected chi connectivity index (χ0v) is 25.4. The predicted molar refractivity (Wildman–Crippen MR) is 170 cm³/mol. The lowest BCUT2D eigenvalue weighted by molar-refractivity contribution is -0.125. The molecular formula is C32H31N3O6S2. The summed E-state index contributed by atoms with van der Waals surface area (Å²) < 4.78 is 11.2. The molecule has 1 aromatic heterocycles. The van der Waals surface area contributed by atoms with E-state index in [1.807, 2.05) is 56.3 Å². The summed E-state index contributed by atoms with van der Waals surface area (Å²) >= 11 is 2.92. The number of rotatable bonds is 8. The van der Waals surface area contributed by atoms with Crippen LogP contribution in [0.1, 0.15) is 48.5 Å². The molecule has 0 spiro atoms. The van der Waals surface area contributed by atoms with Gasteiger partial charge in [-0.25, -0.2) is 0 Å². The largest absolute Gasteiger partial charge is 0.504 e. The predicted octanol–water partition coefficient (Wildman–Crippen LogP) is 6.97. The smallest absolute Gasteiger partial charge is 0.296 e. The van der Waals surface area contributed by atoms with Crippen molar-refractivity contribution in [3.05, 3.63) is 107 Å². The molecule has 2 unspecified atom stereocenters. The van der Waals surface area contributed by atoms with E-state index in [0.717, 1.165) is 16.7 Å². The zero-order valence-electron chi connectivity index (χ0n) is 23.8. The van der Waals surface area contributed by atoms with E-state index in [1.165, 1.54) is 22.7 Å². The van der Waals surface area contributed by atoms with E-state index >= 15 is 0 Å². The molecule has 43 heavy (non-hydrogen) atoms. The SMILES string of the molecule is CC.CCOc1cc(C2C(C(=O)c3cc4ccccc4o3)=C(O)C(=O)N2C2=NNC(SCc3ccccc3)S2)ccc1O. The first kappa shape index (κ1) is 30.1. The molecule has 0 saturated heterocycles. The lowest BCUT2D eigenvalue weighted by Crippen LogP contribution is -2.34. The van der Waals surface area contributed by atoms with Crippen molar-refractivity contribution in [1.29, 1.82) is 0 Å². The molecule has 3 aromatic carbocycles. The van der Waals surface area contributed by atoms with E-state index in [-0.39, 0.29) is 27.5 Å². The molecule has 0 saturated carbocycles. The van der Waals surface area contributed by atoms with Crippen LogP contribution in [0.25, 0.3) is 11.0 Å². The molecule has 0 radical (unpaired) electrons. The fourth-order valence-corrected chi connectivity index (χ4v) is 6.83. The van der Waals surface area contributed by atoms with Crippen LogP contribution in [0.4, 0.5) is 0 Å². The summed E-state index contributed by atoms with van der Waals surface area (Å²) in [5.41, 5.74) is 5.01. The highest BCUT2D eigenvalue weighted by molar-refractivity contribution is 8.24. The Balaban J connectivity index is 0.00000180. The van der Waals surface area contributed by atoms with Crippen molar-refractivity contribution in [3.63, 3.8) is 0 Å². The third-order valence-corrected chi connectivity index (χ3v) is 9.05. The van der Waals surface area contributed by atoms with Gasteiger partial charge in [-0.05, 0) is 54.1 Å². The second kappa shape index (κ2) is 13.3. The number of Topliss-reactive ketones (excluding diaryl/α,β-unsaturated/α-hetero) is 1. The van der Waals surface area contributed by atoms with Crippen LogP contribution < -0.4 is 10.2 Å². The first-order valence-electron chi connectivity index (χ1n) is 13.9. The van der Waals surface area contributed by atoms with Gasteiger partial charge in [0.1, 0.15) is 10.3 Å². The Morgan fingerprint density at radius 2 is 1.81 bits per heavy atom. The van der Waals surface area contributed by atoms with Crippen LogP contribution in [0, 0.1) is 0 Å². The van der Waals surface area contributed by atoms with Crippen molar-refractivity contribution in [2.24, 2.45) is 5.10 Å². The van der Waals surface area contributed by atoms with E-state index in [0.29, 0.717) is 22.9 Å². The first-order chi connectivity index (χ1) is 20.9. The number of thioether (sulfide) groups is 2. The minimum atomic E-state index is -1.05. The Morgan fingerprint density at radius 1 is 1.07 bits per heavy atom. The third kappa shape index (κ3) is 6.09. The molecule has 2 aliphatic heterocycles. The summed E-state index contributed by atoms with van der Waals surface area (Å²) in [4.78, 5) is 28.8. The van der Waals surface area contributed by atoms with Gasteiger partial charge in [0.2, 0.25) is 5.78 Å². The highest BCUT2D eigenvalue weighted by Crippen LogP contribution is 2.45. The van der Waals surface area contributed by atoms with Crippen molar-refractivity contribution in [2.45, 2.75) is 37.3 Å². The van der Waals surface area contributed by atoms with Crippen LogP contribution in [-0.4, -0.2) is 43.3 Å². The van der Waals surface area contributed by atoms with Gasteiger partial charge >= 0.3 is 0 Å². The van der Waals surface area contributed by atoms with E-state index in [9.17, 15) is 19.8 Å². The second-order valence-corrected chi connectivity index (χ2v) is 11.7. The van der Waals surface area contributed by atoms with Gasteiger partial charge in [-0.15, -0.1) is 11.8 Å². The molecule has 0 aliphatic carbocycles. The number of hydrazone groups is 1. The average Bonchev–Trinajstić information content (AvgIpc) is 3.75. The number of aliphatic hydroxyl groups excluding tert-OH is 1. The van der Waals surface area contributed by atoms with Gasteiger partial charge in [-0.3, -0.25) is 19.9 Å². The van der Waals surface area contributed by atoms with Crippen LogP contribution in [0.5, 0.6) is 11.5 Å². The zero-order chi connectivity index (χ0) is 30.5. The number of phenols is 1. The molecule has 0 bridgehead atoms. The highest BCUT2D eigenvalue weighted by Gasteiger charge is 2.48. The number of para-hydroxylation sites is 1. The standard InChI is InChI=1S/C30H25N3O6S2.C2H6/c1-2-38-22-15-19(12-13-20(22)34)25-24(26(35)23-14-18-10-6-7-11-21(18)39-23)27(36)28(37)33(25)29-31-32-30(41-29)40-16-17-8-4-3-5-9-17;1-2/h3-15,25,30,32,34,36H,2,16H2,1H3;1-2H3. The van der Waals surface area contributed by atoms with E-state index < -0.39 is 23.5 Å². The highest BCUT2D eigenvalue weighted by atomic mass is 32.2. The number of amides is 1. The quantitative estimate of drug-likeness (QED) is 0.180. The number of furan rings is 1. The monoisotopic (exact) mass is 617 g/mol. The lowest BCUT2D eigenvalue weighted by Gasteiger charge is -2.26. The Kier molecular flexibility index (Phi) is 9.32. The Bertz CT molecular complexity index is 1670. The summed E-state index contributed by atoms with van der Waals surface area (Å²) in [6.45, 7) is 6.07. The minimum Gasteiger partial charge on any atom is -0.504 e. The number of aromatic hydroxyl groups is 1. The number of hydrogen-bond donors (Lipinski definition) is 3. The van der Waals surface area contributed by atoms with E-state index in [1.54, 1.807) is 49.0 Å². The van der Waals surface area contributed by atoms with Crippen LogP contribution in [0.2, 0.25) is 0 Å². The molecule has 222 valence electrons. The molecule has 2 atom stereocenters. The average molecular weight is 618 g/mol. The first-order valence-corrected chi connectivity index (χ1v) is 15.8. The number of nitrogens with one attached hydrogen (secondary N) is 1. The van der Waals surface area contributed by atoms with E-state index in [2.05, 4.69) is 10.5 Å². The summed E-state index contributed by atoms with van der Waals surface area (Å²) in [5.74, 6) is -1.26. The number of nitrogens with zero attached hydrogens (tertiary/aromatic N) is 2. The normalized spacial score (nSPS) is 17.9. The fraction of sp³-hybridized carbons (Fsp3) is 0.219. The lowest BCUT2D eigenvalue weighted by atomic mass is 9.95. The van der Waals surface area contributed by atoms with Gasteiger partial charge in [-0.1, -0.05) is 68.4 Å². The molecule has 0 fully saturated rings. The molecule has 9 nitrogen and oxygen atoms in total. The summed E-state index contributed by atoms with van der Waals surface area (Å²) in [6.07, 6.45) is 0. The maximum absolute atomic E-state index is 13.9. The number of ether oxygens (including phenoxy) is 1. The number of phenolic OH excluding ortho intramolecular Hbond substituents is 1. The maximum Gasteiger partial charge on any atom is 0.296 e. The molecule has 2 aliphatic rings. The van der Waals surface area contributed by atoms with Gasteiger partial charge in [0.05, 0.1) is 18.2 Å². The molecule has 3 heterocycles. The Morgan fingerprint density at radius 3 is 2.56 bits per heavy atom. The van der Waals surface area contributed by atoms with E-state index in [4.69, 9.17) is 9.15 Å². The number of fused-ring (bicyclic) bond motifs is 1. The van der Waals surface area contributed by atoms with Crippen LogP contribution in [-0.2, 0) is 10.5 Å². The van der Waals surface area contributed by atoms with Crippen molar-refractivity contribution in [2.75, 3.05) is 6.61 Å². The summed E-state index contributed by atoms with van der Waals surface area (Å²) in [7, 11) is 0. The van der Waals surface area contributed by atoms with Crippen LogP contribution in [0.15, 0.2) is 99.7 Å². The number of benzene rings is 3. The number of amidine groups is 1. The van der Waals surface area contributed by atoms with Gasteiger partial charge < -0.3 is 19.4 Å². The minimum absolute atomic E-state index is 0.00774. The molecule has 11 heteroatoms. The molecular weight excluding hydrogens is 587 g/mol. The van der Waals surface area contributed by atoms with Crippen molar-refractivity contribution < 1.29 is 29.0 Å². The number of carbonyl (C=O) groups excluding carboxylic acids is 2. The molecule has 1 amide bonds.